The van der Waals surface area contributed by atoms with E-state index in [0.29, 0.717) is 42.8 Å². The molecule has 0 bridgehead atoms. The Kier molecular flexibility index (Phi) is 7.71. The molecule has 1 saturated heterocycles. The van der Waals surface area contributed by atoms with Crippen molar-refractivity contribution < 1.29 is 18.8 Å². The summed E-state index contributed by atoms with van der Waals surface area (Å²) >= 11 is 0. The number of esters is 1. The van der Waals surface area contributed by atoms with E-state index in [0.717, 1.165) is 38.7 Å². The lowest BCUT2D eigenvalue weighted by Crippen LogP contribution is -2.40. The summed E-state index contributed by atoms with van der Waals surface area (Å²) in [6.07, 6.45) is 6.99. The number of fused-ring (bicyclic) bond motifs is 1. The maximum absolute atomic E-state index is 12.3. The van der Waals surface area contributed by atoms with Crippen LogP contribution < -0.4 is 0 Å². The molecule has 156 valence electrons. The zero-order chi connectivity index (χ0) is 20.2. The molecule has 1 aliphatic carbocycles. The number of hydrogen-bond acceptors (Lipinski definition) is 4. The Labute approximate surface area is 166 Å². The predicted octanol–water partition coefficient (Wildman–Crippen LogP) is 5.51. The number of unbranched alkanes of at least 4 members (excludes halogenated alkanes) is 2. The first-order valence-corrected chi connectivity index (χ1v) is 13.8. The molecule has 0 spiro atoms. The highest BCUT2D eigenvalue weighted by molar-refractivity contribution is 6.74. The molecule has 4 atom stereocenters. The van der Waals surface area contributed by atoms with Gasteiger partial charge in [0.2, 0.25) is 0 Å². The van der Waals surface area contributed by atoms with E-state index < -0.39 is 8.32 Å². The summed E-state index contributed by atoms with van der Waals surface area (Å²) in [6.45, 7) is 14.4. The minimum Gasteiger partial charge on any atom is -0.462 e. The Hall–Kier alpha value is -0.683. The van der Waals surface area contributed by atoms with Crippen LogP contribution >= 0.6 is 0 Å². The molecule has 0 radical (unpaired) electrons. The van der Waals surface area contributed by atoms with Crippen molar-refractivity contribution in [3.63, 3.8) is 0 Å². The van der Waals surface area contributed by atoms with Gasteiger partial charge in [0.1, 0.15) is 11.9 Å². The van der Waals surface area contributed by atoms with Crippen molar-refractivity contribution in [3.8, 4) is 0 Å². The highest BCUT2D eigenvalue weighted by Crippen LogP contribution is 2.46. The van der Waals surface area contributed by atoms with E-state index in [1.165, 1.54) is 0 Å². The molecule has 0 unspecified atom stereocenters. The Balaban J connectivity index is 1.57. The van der Waals surface area contributed by atoms with Gasteiger partial charge >= 0.3 is 5.97 Å². The largest absolute Gasteiger partial charge is 0.462 e. The molecule has 0 N–H and O–H groups in total. The van der Waals surface area contributed by atoms with Crippen LogP contribution in [0.15, 0.2) is 0 Å². The third-order valence-electron chi connectivity index (χ3n) is 7.17. The first kappa shape index (κ1) is 22.6. The van der Waals surface area contributed by atoms with Crippen LogP contribution in [-0.2, 0) is 18.8 Å². The first-order chi connectivity index (χ1) is 12.5. The maximum Gasteiger partial charge on any atom is 0.306 e. The van der Waals surface area contributed by atoms with Gasteiger partial charge in [-0.15, -0.1) is 0 Å². The lowest BCUT2D eigenvalue weighted by atomic mass is 9.84. The fraction of sp³-hybridized carbons (Fsp3) is 0.909. The topological polar surface area (TPSA) is 52.6 Å². The van der Waals surface area contributed by atoms with Crippen LogP contribution in [-0.4, -0.2) is 32.8 Å². The minimum atomic E-state index is -1.64. The Morgan fingerprint density at radius 2 is 1.89 bits per heavy atom. The van der Waals surface area contributed by atoms with Crippen LogP contribution in [0.2, 0.25) is 18.1 Å². The van der Waals surface area contributed by atoms with Gasteiger partial charge < -0.3 is 9.16 Å². The molecule has 0 aromatic rings. The van der Waals surface area contributed by atoms with E-state index in [-0.39, 0.29) is 17.1 Å². The van der Waals surface area contributed by atoms with Crippen LogP contribution in [0.1, 0.15) is 79.1 Å². The predicted molar refractivity (Wildman–Crippen MR) is 111 cm³/mol. The van der Waals surface area contributed by atoms with Gasteiger partial charge in [0, 0.05) is 25.4 Å². The van der Waals surface area contributed by atoms with Crippen molar-refractivity contribution >= 4 is 20.1 Å². The number of carbonyl (C=O) groups is 2. The van der Waals surface area contributed by atoms with Crippen molar-refractivity contribution in [2.45, 2.75) is 103 Å². The van der Waals surface area contributed by atoms with Crippen molar-refractivity contribution in [2.75, 3.05) is 6.61 Å². The van der Waals surface area contributed by atoms with Gasteiger partial charge in [-0.25, -0.2) is 0 Å². The van der Waals surface area contributed by atoms with Crippen LogP contribution in [0, 0.1) is 17.8 Å². The minimum absolute atomic E-state index is 0.0480. The van der Waals surface area contributed by atoms with Gasteiger partial charge in [0.25, 0.3) is 0 Å². The summed E-state index contributed by atoms with van der Waals surface area (Å²) in [7, 11) is -1.64. The second-order valence-corrected chi connectivity index (χ2v) is 15.1. The molecule has 2 rings (SSSR count). The van der Waals surface area contributed by atoms with Crippen molar-refractivity contribution in [3.05, 3.63) is 0 Å². The highest BCUT2D eigenvalue weighted by atomic mass is 28.4. The summed E-state index contributed by atoms with van der Waals surface area (Å²) in [5.74, 6) is 1.72. The molecule has 2 aliphatic rings. The normalized spacial score (nSPS) is 28.3. The average molecular weight is 397 g/mol. The van der Waals surface area contributed by atoms with Crippen molar-refractivity contribution in [2.24, 2.45) is 17.8 Å². The van der Waals surface area contributed by atoms with E-state index in [9.17, 15) is 9.59 Å². The summed E-state index contributed by atoms with van der Waals surface area (Å²) < 4.78 is 11.6. The Morgan fingerprint density at radius 1 is 1.19 bits per heavy atom. The zero-order valence-corrected chi connectivity index (χ0v) is 19.3. The Bertz CT molecular complexity index is 523. The third-order valence-corrected chi connectivity index (χ3v) is 11.7. The number of Topliss-reactive ketones (excluding diaryl/α,β-unsaturated/α-hetero) is 1. The van der Waals surface area contributed by atoms with E-state index in [1.807, 2.05) is 0 Å². The van der Waals surface area contributed by atoms with Gasteiger partial charge in [0.05, 0.1) is 6.42 Å². The summed E-state index contributed by atoms with van der Waals surface area (Å²) in [5, 5.41) is 0.258. The molecular formula is C22H40O4Si. The second-order valence-electron chi connectivity index (χ2n) is 10.3. The van der Waals surface area contributed by atoms with Crippen LogP contribution in [0.5, 0.6) is 0 Å². The van der Waals surface area contributed by atoms with Crippen LogP contribution in [0.3, 0.4) is 0 Å². The lowest BCUT2D eigenvalue weighted by Gasteiger charge is -2.36. The van der Waals surface area contributed by atoms with Crippen LogP contribution in [0.25, 0.3) is 0 Å². The molecule has 1 saturated carbocycles. The first-order valence-electron chi connectivity index (χ1n) is 10.9. The second kappa shape index (κ2) is 9.21. The number of ether oxygens (including phenoxy) is 1. The summed E-state index contributed by atoms with van der Waals surface area (Å²) in [6, 6.07) is 0. The van der Waals surface area contributed by atoms with Gasteiger partial charge in [-0.2, -0.15) is 0 Å². The Morgan fingerprint density at radius 3 is 2.56 bits per heavy atom. The van der Waals surface area contributed by atoms with E-state index in [2.05, 4.69) is 40.8 Å². The number of ketones is 1. The molecule has 0 aromatic carbocycles. The molecule has 5 heteroatoms. The van der Waals surface area contributed by atoms with Gasteiger partial charge in [-0.05, 0) is 55.7 Å². The molecule has 27 heavy (non-hydrogen) atoms. The zero-order valence-electron chi connectivity index (χ0n) is 18.3. The van der Waals surface area contributed by atoms with Crippen molar-refractivity contribution in [1.82, 2.24) is 0 Å². The van der Waals surface area contributed by atoms with Gasteiger partial charge in [0.15, 0.2) is 8.32 Å². The fourth-order valence-electron chi connectivity index (χ4n) is 4.34. The smallest absolute Gasteiger partial charge is 0.306 e. The number of hydrogen-bond donors (Lipinski definition) is 0. The van der Waals surface area contributed by atoms with Crippen molar-refractivity contribution in [1.29, 1.82) is 0 Å². The molecule has 2 fully saturated rings. The van der Waals surface area contributed by atoms with E-state index >= 15 is 0 Å². The van der Waals surface area contributed by atoms with Gasteiger partial charge in [-0.1, -0.05) is 34.1 Å². The molecular weight excluding hydrogens is 356 g/mol. The average Bonchev–Trinajstić information content (AvgIpc) is 3.02. The highest BCUT2D eigenvalue weighted by Gasteiger charge is 2.48. The van der Waals surface area contributed by atoms with Crippen LogP contribution in [0.4, 0.5) is 0 Å². The third kappa shape index (κ3) is 6.15. The quantitative estimate of drug-likeness (QED) is 0.278. The van der Waals surface area contributed by atoms with E-state index in [1.54, 1.807) is 0 Å². The monoisotopic (exact) mass is 396 g/mol. The van der Waals surface area contributed by atoms with E-state index in [4.69, 9.17) is 9.16 Å². The molecule has 4 nitrogen and oxygen atoms in total. The van der Waals surface area contributed by atoms with Gasteiger partial charge in [-0.3, -0.25) is 9.59 Å². The lowest BCUT2D eigenvalue weighted by molar-refractivity contribution is -0.141. The summed E-state index contributed by atoms with van der Waals surface area (Å²) in [5.41, 5.74) is 0. The summed E-state index contributed by atoms with van der Waals surface area (Å²) in [4.78, 5) is 23.8. The molecule has 0 amide bonds. The molecule has 0 aromatic heterocycles. The molecule has 1 aliphatic heterocycles. The number of rotatable bonds is 10. The SMILES string of the molecule is C[C@@H]1C[C@@H]2OC(=O)C[C@@H]2[C@H]1CCC(=O)CCCCCO[Si](C)(C)C(C)(C)C. The maximum atomic E-state index is 12.3. The standard InChI is InChI=1S/C22H40O4Si/c1-16-14-20-19(15-21(24)26-20)18(16)12-11-17(23)10-8-7-9-13-25-27(5,6)22(2,3)4/h16,18-20H,7-15H2,1-6H3/t16-,18+,19-,20+/m1/s1. The number of carbonyl (C=O) groups excluding carboxylic acids is 2. The molecule has 1 heterocycles. The fourth-order valence-corrected chi connectivity index (χ4v) is 5.43.